The van der Waals surface area contributed by atoms with Crippen LogP contribution < -0.4 is 11.3 Å². The number of rotatable bonds is 5. The molecule has 94 valence electrons. The van der Waals surface area contributed by atoms with Crippen LogP contribution >= 0.6 is 11.8 Å². The fourth-order valence-corrected chi connectivity index (χ4v) is 2.54. The average Bonchev–Trinajstić information content (AvgIpc) is 2.92. The highest BCUT2D eigenvalue weighted by Crippen LogP contribution is 2.20. The number of furan rings is 1. The van der Waals surface area contributed by atoms with Crippen molar-refractivity contribution in [3.63, 3.8) is 0 Å². The number of hydrazine groups is 1. The molecule has 0 spiro atoms. The van der Waals surface area contributed by atoms with Gasteiger partial charge in [0.05, 0.1) is 12.0 Å². The summed E-state index contributed by atoms with van der Waals surface area (Å²) in [6, 6.07) is 11.2. The molecule has 0 fully saturated rings. The van der Waals surface area contributed by atoms with Gasteiger partial charge in [-0.15, -0.1) is 11.8 Å². The molecular weight excluding hydrogens is 248 g/mol. The van der Waals surface area contributed by atoms with Crippen LogP contribution in [0.15, 0.2) is 47.1 Å². The molecule has 0 unspecified atom stereocenters. The minimum Gasteiger partial charge on any atom is -0.468 e. The summed E-state index contributed by atoms with van der Waals surface area (Å²) in [5, 5.41) is 0. The molecule has 1 aromatic carbocycles. The first-order chi connectivity index (χ1) is 8.81. The number of hydrogen-bond donors (Lipinski definition) is 2. The molecule has 18 heavy (non-hydrogen) atoms. The van der Waals surface area contributed by atoms with Crippen molar-refractivity contribution in [1.29, 1.82) is 0 Å². The molecule has 0 aliphatic rings. The Balaban J connectivity index is 1.98. The lowest BCUT2D eigenvalue weighted by molar-refractivity contribution is 0.0953. The van der Waals surface area contributed by atoms with E-state index in [-0.39, 0.29) is 5.91 Å². The Hall–Kier alpha value is -1.72. The maximum absolute atomic E-state index is 11.6. The highest BCUT2D eigenvalue weighted by atomic mass is 32.2. The molecule has 2 aromatic rings. The SMILES string of the molecule is NNC(=O)c1ccccc1CSCc1ccco1. The van der Waals surface area contributed by atoms with Crippen LogP contribution in [0, 0.1) is 0 Å². The molecule has 3 N–H and O–H groups in total. The highest BCUT2D eigenvalue weighted by Gasteiger charge is 2.09. The summed E-state index contributed by atoms with van der Waals surface area (Å²) in [5.41, 5.74) is 3.75. The van der Waals surface area contributed by atoms with Crippen molar-refractivity contribution in [2.75, 3.05) is 0 Å². The topological polar surface area (TPSA) is 68.3 Å². The van der Waals surface area contributed by atoms with E-state index in [1.54, 1.807) is 24.1 Å². The largest absolute Gasteiger partial charge is 0.468 e. The van der Waals surface area contributed by atoms with Crippen molar-refractivity contribution in [2.45, 2.75) is 11.5 Å². The quantitative estimate of drug-likeness (QED) is 0.493. The molecule has 4 nitrogen and oxygen atoms in total. The van der Waals surface area contributed by atoms with E-state index in [2.05, 4.69) is 5.43 Å². The molecule has 2 rings (SSSR count). The molecule has 5 heteroatoms. The van der Waals surface area contributed by atoms with E-state index >= 15 is 0 Å². The lowest BCUT2D eigenvalue weighted by Crippen LogP contribution is -2.30. The predicted octanol–water partition coefficient (Wildman–Crippen LogP) is 2.32. The Kier molecular flexibility index (Phi) is 4.44. The maximum Gasteiger partial charge on any atom is 0.265 e. The van der Waals surface area contributed by atoms with E-state index in [0.29, 0.717) is 5.56 Å². The molecule has 1 aromatic heterocycles. The smallest absolute Gasteiger partial charge is 0.265 e. The van der Waals surface area contributed by atoms with Crippen LogP contribution in [-0.4, -0.2) is 5.91 Å². The summed E-state index contributed by atoms with van der Waals surface area (Å²) in [5.74, 6) is 7.35. The van der Waals surface area contributed by atoms with Gasteiger partial charge in [0.15, 0.2) is 0 Å². The second-order valence-electron chi connectivity index (χ2n) is 3.70. The van der Waals surface area contributed by atoms with E-state index in [1.165, 1.54) is 0 Å². The standard InChI is InChI=1S/C13H14N2O2S/c14-15-13(16)12-6-2-1-4-10(12)8-18-9-11-5-3-7-17-11/h1-7H,8-9,14H2,(H,15,16). The first-order valence-electron chi connectivity index (χ1n) is 5.50. The van der Waals surface area contributed by atoms with Crippen LogP contribution in [-0.2, 0) is 11.5 Å². The van der Waals surface area contributed by atoms with Gasteiger partial charge in [-0.2, -0.15) is 0 Å². The van der Waals surface area contributed by atoms with E-state index in [4.69, 9.17) is 10.3 Å². The third kappa shape index (κ3) is 3.15. The minimum absolute atomic E-state index is 0.260. The molecule has 0 atom stereocenters. The summed E-state index contributed by atoms with van der Waals surface area (Å²) >= 11 is 1.69. The van der Waals surface area contributed by atoms with Gasteiger partial charge in [-0.3, -0.25) is 10.2 Å². The maximum atomic E-state index is 11.6. The van der Waals surface area contributed by atoms with Crippen LogP contribution in [0.3, 0.4) is 0 Å². The zero-order valence-corrected chi connectivity index (χ0v) is 10.6. The molecule has 0 radical (unpaired) electrons. The van der Waals surface area contributed by atoms with Gasteiger partial charge in [0.2, 0.25) is 0 Å². The highest BCUT2D eigenvalue weighted by molar-refractivity contribution is 7.97. The molecule has 0 aliphatic heterocycles. The van der Waals surface area contributed by atoms with Gasteiger partial charge in [0.25, 0.3) is 5.91 Å². The van der Waals surface area contributed by atoms with Crippen molar-refractivity contribution in [2.24, 2.45) is 5.84 Å². The van der Waals surface area contributed by atoms with Crippen LogP contribution in [0.2, 0.25) is 0 Å². The second-order valence-corrected chi connectivity index (χ2v) is 4.69. The molecule has 0 bridgehead atoms. The van der Waals surface area contributed by atoms with Gasteiger partial charge in [-0.05, 0) is 23.8 Å². The van der Waals surface area contributed by atoms with Gasteiger partial charge < -0.3 is 4.42 Å². The van der Waals surface area contributed by atoms with Crippen molar-refractivity contribution < 1.29 is 9.21 Å². The normalized spacial score (nSPS) is 10.3. The summed E-state index contributed by atoms with van der Waals surface area (Å²) in [6.07, 6.45) is 1.66. The number of nitrogen functional groups attached to an aromatic ring is 1. The Morgan fingerprint density at radius 1 is 1.22 bits per heavy atom. The molecule has 0 saturated carbocycles. The number of amides is 1. The Bertz CT molecular complexity index is 511. The van der Waals surface area contributed by atoms with E-state index in [1.807, 2.05) is 30.3 Å². The zero-order chi connectivity index (χ0) is 12.8. The summed E-state index contributed by atoms with van der Waals surface area (Å²) in [7, 11) is 0. The minimum atomic E-state index is -0.260. The number of carbonyl (C=O) groups is 1. The van der Waals surface area contributed by atoms with Crippen molar-refractivity contribution in [3.8, 4) is 0 Å². The molecule has 0 aliphatic carbocycles. The molecule has 0 saturated heterocycles. The number of thioether (sulfide) groups is 1. The molecule has 1 amide bonds. The van der Waals surface area contributed by atoms with Crippen molar-refractivity contribution in [1.82, 2.24) is 5.43 Å². The van der Waals surface area contributed by atoms with Crippen LogP contribution in [0.25, 0.3) is 0 Å². The van der Waals surface area contributed by atoms with E-state index in [9.17, 15) is 4.79 Å². The first kappa shape index (κ1) is 12.7. The average molecular weight is 262 g/mol. The molecule has 1 heterocycles. The number of carbonyl (C=O) groups excluding carboxylic acids is 1. The van der Waals surface area contributed by atoms with Gasteiger partial charge >= 0.3 is 0 Å². The van der Waals surface area contributed by atoms with Crippen LogP contribution in [0.5, 0.6) is 0 Å². The van der Waals surface area contributed by atoms with Crippen molar-refractivity contribution in [3.05, 3.63) is 59.5 Å². The summed E-state index contributed by atoms with van der Waals surface area (Å²) in [6.45, 7) is 0. The van der Waals surface area contributed by atoms with Gasteiger partial charge in [0, 0.05) is 11.3 Å². The number of nitrogens with one attached hydrogen (secondary N) is 1. The fourth-order valence-electron chi connectivity index (χ4n) is 1.60. The third-order valence-electron chi connectivity index (χ3n) is 2.48. The van der Waals surface area contributed by atoms with Gasteiger partial charge in [-0.1, -0.05) is 18.2 Å². The Labute approximate surface area is 110 Å². The predicted molar refractivity (Wildman–Crippen MR) is 71.8 cm³/mol. The number of hydrogen-bond acceptors (Lipinski definition) is 4. The Morgan fingerprint density at radius 2 is 2.06 bits per heavy atom. The lowest BCUT2D eigenvalue weighted by atomic mass is 10.1. The number of nitrogens with two attached hydrogens (primary N) is 1. The molecular formula is C13H14N2O2S. The van der Waals surface area contributed by atoms with Gasteiger partial charge in [0.1, 0.15) is 5.76 Å². The summed E-state index contributed by atoms with van der Waals surface area (Å²) < 4.78 is 5.25. The van der Waals surface area contributed by atoms with Gasteiger partial charge in [-0.25, -0.2) is 5.84 Å². The summed E-state index contributed by atoms with van der Waals surface area (Å²) in [4.78, 5) is 11.6. The Morgan fingerprint density at radius 3 is 2.78 bits per heavy atom. The van der Waals surface area contributed by atoms with E-state index < -0.39 is 0 Å². The van der Waals surface area contributed by atoms with Crippen LogP contribution in [0.1, 0.15) is 21.7 Å². The first-order valence-corrected chi connectivity index (χ1v) is 6.65. The second kappa shape index (κ2) is 6.28. The lowest BCUT2D eigenvalue weighted by Gasteiger charge is -2.07. The zero-order valence-electron chi connectivity index (χ0n) is 9.76. The number of benzene rings is 1. The van der Waals surface area contributed by atoms with Crippen LogP contribution in [0.4, 0.5) is 0 Å². The third-order valence-corrected chi connectivity index (χ3v) is 3.48. The fraction of sp³-hybridized carbons (Fsp3) is 0.154. The monoisotopic (exact) mass is 262 g/mol. The van der Waals surface area contributed by atoms with Crippen molar-refractivity contribution >= 4 is 17.7 Å². The van der Waals surface area contributed by atoms with E-state index in [0.717, 1.165) is 22.8 Å².